The highest BCUT2D eigenvalue weighted by Crippen LogP contribution is 2.27. The molecule has 1 saturated carbocycles. The highest BCUT2D eigenvalue weighted by molar-refractivity contribution is 7.89. The van der Waals surface area contributed by atoms with Crippen LogP contribution in [0.3, 0.4) is 0 Å². The molecule has 1 aliphatic carbocycles. The summed E-state index contributed by atoms with van der Waals surface area (Å²) in [4.78, 5) is 13.4. The normalized spacial score (nSPS) is 19.2. The van der Waals surface area contributed by atoms with Gasteiger partial charge in [0.25, 0.3) is 0 Å². The van der Waals surface area contributed by atoms with Crippen molar-refractivity contribution < 1.29 is 23.1 Å². The SMILES string of the molecule is O=C(O)c1cc(S(=O)(=O)NC2CC2)ccc1N1CCOCC1. The molecule has 0 bridgehead atoms. The van der Waals surface area contributed by atoms with E-state index in [1.165, 1.54) is 12.1 Å². The Bertz CT molecular complexity index is 678. The molecule has 1 aromatic carbocycles. The molecule has 0 radical (unpaired) electrons. The van der Waals surface area contributed by atoms with E-state index in [9.17, 15) is 18.3 Å². The second kappa shape index (κ2) is 5.86. The Morgan fingerprint density at radius 1 is 1.27 bits per heavy atom. The predicted molar refractivity (Wildman–Crippen MR) is 79.8 cm³/mol. The van der Waals surface area contributed by atoms with E-state index >= 15 is 0 Å². The van der Waals surface area contributed by atoms with E-state index < -0.39 is 16.0 Å². The topological polar surface area (TPSA) is 95.9 Å². The molecule has 8 heteroatoms. The molecule has 1 saturated heterocycles. The fourth-order valence-electron chi connectivity index (χ4n) is 2.42. The minimum absolute atomic E-state index is 0.000530. The molecule has 0 aromatic heterocycles. The first kappa shape index (κ1) is 15.3. The van der Waals surface area contributed by atoms with E-state index in [2.05, 4.69) is 4.72 Å². The standard InChI is InChI=1S/C14H18N2O5S/c17-14(18)12-9-11(22(19,20)15-10-1-2-10)3-4-13(12)16-5-7-21-8-6-16/h3-4,9-10,15H,1-2,5-8H2,(H,17,18). The fraction of sp³-hybridized carbons (Fsp3) is 0.500. The molecule has 1 heterocycles. The monoisotopic (exact) mass is 326 g/mol. The zero-order chi connectivity index (χ0) is 15.7. The number of carboxylic acid groups (broad SMARTS) is 1. The summed E-state index contributed by atoms with van der Waals surface area (Å²) >= 11 is 0. The number of aromatic carboxylic acids is 1. The maximum Gasteiger partial charge on any atom is 0.337 e. The van der Waals surface area contributed by atoms with Crippen molar-refractivity contribution in [2.75, 3.05) is 31.2 Å². The number of benzene rings is 1. The van der Waals surface area contributed by atoms with Gasteiger partial charge in [0.1, 0.15) is 0 Å². The summed E-state index contributed by atoms with van der Waals surface area (Å²) in [7, 11) is -3.66. The molecule has 0 spiro atoms. The molecule has 2 fully saturated rings. The zero-order valence-electron chi connectivity index (χ0n) is 12.0. The summed E-state index contributed by atoms with van der Waals surface area (Å²) in [5.74, 6) is -1.13. The van der Waals surface area contributed by atoms with Crippen molar-refractivity contribution in [3.63, 3.8) is 0 Å². The number of carboxylic acids is 1. The molecule has 2 aliphatic rings. The summed E-state index contributed by atoms with van der Waals surface area (Å²) in [6, 6.07) is 4.24. The van der Waals surface area contributed by atoms with Crippen LogP contribution in [0.15, 0.2) is 23.1 Å². The van der Waals surface area contributed by atoms with Gasteiger partial charge in [0.15, 0.2) is 0 Å². The Labute approximate surface area is 128 Å². The van der Waals surface area contributed by atoms with Crippen LogP contribution in [-0.2, 0) is 14.8 Å². The Kier molecular flexibility index (Phi) is 4.07. The Morgan fingerprint density at radius 2 is 1.95 bits per heavy atom. The minimum atomic E-state index is -3.66. The third kappa shape index (κ3) is 3.23. The highest BCUT2D eigenvalue weighted by Gasteiger charge is 2.29. The second-order valence-electron chi connectivity index (χ2n) is 5.48. The van der Waals surface area contributed by atoms with Crippen LogP contribution >= 0.6 is 0 Å². The lowest BCUT2D eigenvalue weighted by molar-refractivity contribution is 0.0696. The van der Waals surface area contributed by atoms with Crippen molar-refractivity contribution in [2.24, 2.45) is 0 Å². The summed E-state index contributed by atoms with van der Waals surface area (Å²) in [5, 5.41) is 9.41. The van der Waals surface area contributed by atoms with Gasteiger partial charge < -0.3 is 14.7 Å². The Hall–Kier alpha value is -1.64. The number of carbonyl (C=O) groups is 1. The third-order valence-corrected chi connectivity index (χ3v) is 5.28. The van der Waals surface area contributed by atoms with Crippen LogP contribution in [-0.4, -0.2) is 51.8 Å². The number of sulfonamides is 1. The molecule has 120 valence electrons. The van der Waals surface area contributed by atoms with Crippen LogP contribution in [0.5, 0.6) is 0 Å². The largest absolute Gasteiger partial charge is 0.478 e. The van der Waals surface area contributed by atoms with E-state index in [1.807, 2.05) is 4.90 Å². The van der Waals surface area contributed by atoms with Crippen molar-refractivity contribution in [2.45, 2.75) is 23.8 Å². The van der Waals surface area contributed by atoms with E-state index in [0.717, 1.165) is 12.8 Å². The average molecular weight is 326 g/mol. The maximum atomic E-state index is 12.2. The van der Waals surface area contributed by atoms with Crippen LogP contribution < -0.4 is 9.62 Å². The first-order valence-corrected chi connectivity index (χ1v) is 8.68. The fourth-order valence-corrected chi connectivity index (χ4v) is 3.75. The van der Waals surface area contributed by atoms with Gasteiger partial charge in [0.05, 0.1) is 29.4 Å². The Morgan fingerprint density at radius 3 is 2.55 bits per heavy atom. The van der Waals surface area contributed by atoms with Crippen molar-refractivity contribution in [3.05, 3.63) is 23.8 Å². The number of hydrogen-bond acceptors (Lipinski definition) is 5. The van der Waals surface area contributed by atoms with Crippen LogP contribution in [0.1, 0.15) is 23.2 Å². The molecule has 3 rings (SSSR count). The van der Waals surface area contributed by atoms with Gasteiger partial charge in [0.2, 0.25) is 10.0 Å². The maximum absolute atomic E-state index is 12.2. The van der Waals surface area contributed by atoms with Gasteiger partial charge in [0, 0.05) is 19.1 Å². The quantitative estimate of drug-likeness (QED) is 0.825. The number of rotatable bonds is 5. The zero-order valence-corrected chi connectivity index (χ0v) is 12.8. The first-order chi connectivity index (χ1) is 10.5. The first-order valence-electron chi connectivity index (χ1n) is 7.20. The summed E-state index contributed by atoms with van der Waals surface area (Å²) in [6.07, 6.45) is 1.66. The van der Waals surface area contributed by atoms with Gasteiger partial charge in [-0.15, -0.1) is 0 Å². The number of ether oxygens (including phenoxy) is 1. The van der Waals surface area contributed by atoms with E-state index in [1.54, 1.807) is 6.07 Å². The van der Waals surface area contributed by atoms with Gasteiger partial charge in [-0.3, -0.25) is 0 Å². The Balaban J connectivity index is 1.94. The molecule has 2 N–H and O–H groups in total. The number of anilines is 1. The van der Waals surface area contributed by atoms with Crippen LogP contribution in [0.2, 0.25) is 0 Å². The van der Waals surface area contributed by atoms with Crippen molar-refractivity contribution >= 4 is 21.7 Å². The molecule has 1 aliphatic heterocycles. The van der Waals surface area contributed by atoms with Crippen LogP contribution in [0.25, 0.3) is 0 Å². The number of hydrogen-bond donors (Lipinski definition) is 2. The second-order valence-corrected chi connectivity index (χ2v) is 7.19. The van der Waals surface area contributed by atoms with Gasteiger partial charge >= 0.3 is 5.97 Å². The van der Waals surface area contributed by atoms with Gasteiger partial charge in [-0.1, -0.05) is 0 Å². The third-order valence-electron chi connectivity index (χ3n) is 3.76. The number of morpholine rings is 1. The smallest absolute Gasteiger partial charge is 0.337 e. The molecule has 7 nitrogen and oxygen atoms in total. The molecule has 0 unspecified atom stereocenters. The van der Waals surface area contributed by atoms with Crippen LogP contribution in [0, 0.1) is 0 Å². The van der Waals surface area contributed by atoms with Crippen LogP contribution in [0.4, 0.5) is 5.69 Å². The summed E-state index contributed by atoms with van der Waals surface area (Å²) in [5.41, 5.74) is 0.529. The lowest BCUT2D eigenvalue weighted by Gasteiger charge is -2.30. The molecule has 1 aromatic rings. The summed E-state index contributed by atoms with van der Waals surface area (Å²) in [6.45, 7) is 2.24. The molecule has 0 amide bonds. The molecule has 0 atom stereocenters. The number of nitrogens with zero attached hydrogens (tertiary/aromatic N) is 1. The summed E-state index contributed by atoms with van der Waals surface area (Å²) < 4.78 is 32.2. The van der Waals surface area contributed by atoms with Gasteiger partial charge in [-0.2, -0.15) is 0 Å². The highest BCUT2D eigenvalue weighted by atomic mass is 32.2. The molecular formula is C14H18N2O5S. The van der Waals surface area contributed by atoms with Crippen molar-refractivity contribution in [1.82, 2.24) is 4.72 Å². The van der Waals surface area contributed by atoms with Crippen molar-refractivity contribution in [3.8, 4) is 0 Å². The van der Waals surface area contributed by atoms with E-state index in [4.69, 9.17) is 4.74 Å². The average Bonchev–Trinajstić information content (AvgIpc) is 3.30. The predicted octanol–water partition coefficient (Wildman–Crippen LogP) is 0.662. The minimum Gasteiger partial charge on any atom is -0.478 e. The van der Waals surface area contributed by atoms with E-state index in [-0.39, 0.29) is 16.5 Å². The molecular weight excluding hydrogens is 308 g/mol. The van der Waals surface area contributed by atoms with E-state index in [0.29, 0.717) is 32.0 Å². The lowest BCUT2D eigenvalue weighted by atomic mass is 10.1. The van der Waals surface area contributed by atoms with Gasteiger partial charge in [-0.25, -0.2) is 17.9 Å². The molecule has 22 heavy (non-hydrogen) atoms. The lowest BCUT2D eigenvalue weighted by Crippen LogP contribution is -2.37. The van der Waals surface area contributed by atoms with Gasteiger partial charge in [-0.05, 0) is 31.0 Å². The van der Waals surface area contributed by atoms with Crippen molar-refractivity contribution in [1.29, 1.82) is 0 Å². The number of nitrogens with one attached hydrogen (secondary N) is 1.